The zero-order chi connectivity index (χ0) is 12.5. The minimum Gasteiger partial charge on any atom is -0.316 e. The third-order valence-corrected chi connectivity index (χ3v) is 5.09. The molecule has 94 valence electrons. The largest absolute Gasteiger partial charge is 0.316 e. The molecule has 2 rings (SSSR count). The molecule has 0 saturated carbocycles. The lowest BCUT2D eigenvalue weighted by Crippen LogP contribution is -2.33. The molecule has 6 heteroatoms. The van der Waals surface area contributed by atoms with Crippen LogP contribution in [0.2, 0.25) is 5.02 Å². The number of halogens is 1. The number of likely N-dealkylation sites (N-methyl/N-ethyl adjacent to an activating group) is 1. The van der Waals surface area contributed by atoms with Crippen LogP contribution in [0, 0.1) is 0 Å². The third kappa shape index (κ3) is 2.63. The van der Waals surface area contributed by atoms with Gasteiger partial charge in [0, 0.05) is 24.2 Å². The van der Waals surface area contributed by atoms with E-state index in [1.54, 1.807) is 18.2 Å². The van der Waals surface area contributed by atoms with Gasteiger partial charge in [-0.15, -0.1) is 0 Å². The molecule has 0 bridgehead atoms. The zero-order valence-electron chi connectivity index (χ0n) is 9.56. The molecule has 0 aliphatic carbocycles. The van der Waals surface area contributed by atoms with Crippen molar-refractivity contribution in [2.24, 2.45) is 0 Å². The summed E-state index contributed by atoms with van der Waals surface area (Å²) in [5, 5.41) is 3.54. The Hall–Kier alpha value is -0.620. The van der Waals surface area contributed by atoms with Gasteiger partial charge in [0.25, 0.3) is 0 Å². The molecule has 1 aliphatic heterocycles. The number of sulfonamides is 1. The molecule has 1 fully saturated rings. The van der Waals surface area contributed by atoms with E-state index in [-0.39, 0.29) is 10.9 Å². The first-order chi connectivity index (χ1) is 8.04. The van der Waals surface area contributed by atoms with Crippen molar-refractivity contribution < 1.29 is 8.42 Å². The minimum atomic E-state index is -3.40. The van der Waals surface area contributed by atoms with Gasteiger partial charge < -0.3 is 5.32 Å². The highest BCUT2D eigenvalue weighted by molar-refractivity contribution is 7.89. The van der Waals surface area contributed by atoms with Crippen molar-refractivity contribution in [3.8, 4) is 0 Å². The van der Waals surface area contributed by atoms with Gasteiger partial charge in [0.15, 0.2) is 0 Å². The highest BCUT2D eigenvalue weighted by atomic mass is 35.5. The monoisotopic (exact) mass is 274 g/mol. The third-order valence-electron chi connectivity index (χ3n) is 2.99. The van der Waals surface area contributed by atoms with Gasteiger partial charge >= 0.3 is 0 Å². The fourth-order valence-corrected chi connectivity index (χ4v) is 3.76. The first kappa shape index (κ1) is 12.8. The SMILES string of the molecule is CN[C@H]1CCN(S(=O)(=O)c2cccc(Cl)c2)C1. The molecule has 0 amide bonds. The lowest BCUT2D eigenvalue weighted by atomic mass is 10.3. The fourth-order valence-electron chi connectivity index (χ4n) is 1.96. The van der Waals surface area contributed by atoms with Crippen LogP contribution in [0.15, 0.2) is 29.2 Å². The molecule has 1 aliphatic rings. The first-order valence-corrected chi connectivity index (χ1v) is 7.29. The summed E-state index contributed by atoms with van der Waals surface area (Å²) >= 11 is 5.82. The number of nitrogens with one attached hydrogen (secondary N) is 1. The van der Waals surface area contributed by atoms with Gasteiger partial charge in [0.2, 0.25) is 10.0 Å². The van der Waals surface area contributed by atoms with Gasteiger partial charge in [-0.1, -0.05) is 17.7 Å². The van der Waals surface area contributed by atoms with E-state index in [0.29, 0.717) is 18.1 Å². The van der Waals surface area contributed by atoms with Crippen molar-refractivity contribution in [3.05, 3.63) is 29.3 Å². The highest BCUT2D eigenvalue weighted by Gasteiger charge is 2.31. The van der Waals surface area contributed by atoms with Crippen LogP contribution in [0.4, 0.5) is 0 Å². The van der Waals surface area contributed by atoms with E-state index in [1.807, 2.05) is 7.05 Å². The molecule has 0 unspecified atom stereocenters. The van der Waals surface area contributed by atoms with Crippen LogP contribution in [0.25, 0.3) is 0 Å². The Bertz CT molecular complexity index is 504. The maximum atomic E-state index is 12.3. The summed E-state index contributed by atoms with van der Waals surface area (Å²) in [4.78, 5) is 0.266. The topological polar surface area (TPSA) is 49.4 Å². The lowest BCUT2D eigenvalue weighted by molar-refractivity contribution is 0.464. The normalized spacial score (nSPS) is 21.9. The van der Waals surface area contributed by atoms with E-state index in [0.717, 1.165) is 6.42 Å². The van der Waals surface area contributed by atoms with Crippen molar-refractivity contribution in [3.63, 3.8) is 0 Å². The molecule has 1 heterocycles. The highest BCUT2D eigenvalue weighted by Crippen LogP contribution is 2.23. The Labute approximate surface area is 107 Å². The summed E-state index contributed by atoms with van der Waals surface area (Å²) in [5.74, 6) is 0. The number of rotatable bonds is 3. The Morgan fingerprint density at radius 2 is 2.24 bits per heavy atom. The molecule has 1 atom stereocenters. The van der Waals surface area contributed by atoms with Crippen molar-refractivity contribution in [2.75, 3.05) is 20.1 Å². The predicted molar refractivity (Wildman–Crippen MR) is 67.7 cm³/mol. The molecular weight excluding hydrogens is 260 g/mol. The minimum absolute atomic E-state index is 0.240. The Kier molecular flexibility index (Phi) is 3.73. The summed E-state index contributed by atoms with van der Waals surface area (Å²) in [6, 6.07) is 6.63. The van der Waals surface area contributed by atoms with E-state index < -0.39 is 10.0 Å². The Morgan fingerprint density at radius 1 is 1.47 bits per heavy atom. The van der Waals surface area contributed by atoms with Gasteiger partial charge in [-0.25, -0.2) is 8.42 Å². The summed E-state index contributed by atoms with van der Waals surface area (Å²) in [5.41, 5.74) is 0. The fraction of sp³-hybridized carbons (Fsp3) is 0.455. The molecular formula is C11H15ClN2O2S. The predicted octanol–water partition coefficient (Wildman–Crippen LogP) is 1.32. The lowest BCUT2D eigenvalue weighted by Gasteiger charge is -2.16. The summed E-state index contributed by atoms with van der Waals surface area (Å²) in [7, 11) is -1.55. The summed E-state index contributed by atoms with van der Waals surface area (Å²) in [6.45, 7) is 1.08. The second-order valence-electron chi connectivity index (χ2n) is 4.09. The summed E-state index contributed by atoms with van der Waals surface area (Å²) < 4.78 is 26.1. The smallest absolute Gasteiger partial charge is 0.243 e. The van der Waals surface area contributed by atoms with Crippen molar-refractivity contribution in [2.45, 2.75) is 17.4 Å². The van der Waals surface area contributed by atoms with Crippen LogP contribution < -0.4 is 5.32 Å². The Morgan fingerprint density at radius 3 is 2.82 bits per heavy atom. The molecule has 0 spiro atoms. The molecule has 0 aromatic heterocycles. The maximum absolute atomic E-state index is 12.3. The molecule has 1 aromatic rings. The van der Waals surface area contributed by atoms with Crippen LogP contribution in [0.1, 0.15) is 6.42 Å². The number of hydrogen-bond donors (Lipinski definition) is 1. The van der Waals surface area contributed by atoms with Crippen LogP contribution in [-0.4, -0.2) is 38.9 Å². The zero-order valence-corrected chi connectivity index (χ0v) is 11.1. The number of nitrogens with zero attached hydrogens (tertiary/aromatic N) is 1. The van der Waals surface area contributed by atoms with E-state index in [1.165, 1.54) is 10.4 Å². The maximum Gasteiger partial charge on any atom is 0.243 e. The van der Waals surface area contributed by atoms with E-state index >= 15 is 0 Å². The average Bonchev–Trinajstić information content (AvgIpc) is 2.78. The standard InChI is InChI=1S/C11H15ClN2O2S/c1-13-10-5-6-14(8-10)17(15,16)11-4-2-3-9(12)7-11/h2-4,7,10,13H,5-6,8H2,1H3/t10-/m0/s1. The molecule has 4 nitrogen and oxygen atoms in total. The molecule has 1 saturated heterocycles. The first-order valence-electron chi connectivity index (χ1n) is 5.47. The molecule has 1 N–H and O–H groups in total. The number of hydrogen-bond acceptors (Lipinski definition) is 3. The van der Waals surface area contributed by atoms with E-state index in [9.17, 15) is 8.42 Å². The average molecular weight is 275 g/mol. The van der Waals surface area contributed by atoms with Crippen molar-refractivity contribution >= 4 is 21.6 Å². The molecule has 1 aromatic carbocycles. The van der Waals surface area contributed by atoms with Crippen molar-refractivity contribution in [1.82, 2.24) is 9.62 Å². The molecule has 17 heavy (non-hydrogen) atoms. The second-order valence-corrected chi connectivity index (χ2v) is 6.47. The van der Waals surface area contributed by atoms with Gasteiger partial charge in [-0.3, -0.25) is 0 Å². The van der Waals surface area contributed by atoms with Crippen LogP contribution in [0.5, 0.6) is 0 Å². The van der Waals surface area contributed by atoms with Gasteiger partial charge in [0.05, 0.1) is 4.90 Å². The van der Waals surface area contributed by atoms with Gasteiger partial charge in [-0.2, -0.15) is 4.31 Å². The van der Waals surface area contributed by atoms with Crippen LogP contribution >= 0.6 is 11.6 Å². The van der Waals surface area contributed by atoms with Crippen LogP contribution in [-0.2, 0) is 10.0 Å². The quantitative estimate of drug-likeness (QED) is 0.905. The van der Waals surface area contributed by atoms with Gasteiger partial charge in [0.1, 0.15) is 0 Å². The second kappa shape index (κ2) is 4.94. The van der Waals surface area contributed by atoms with Crippen LogP contribution in [0.3, 0.4) is 0 Å². The van der Waals surface area contributed by atoms with E-state index in [2.05, 4.69) is 5.32 Å². The molecule has 0 radical (unpaired) electrons. The number of benzene rings is 1. The Balaban J connectivity index is 2.25. The van der Waals surface area contributed by atoms with Gasteiger partial charge in [-0.05, 0) is 31.7 Å². The van der Waals surface area contributed by atoms with Crippen molar-refractivity contribution in [1.29, 1.82) is 0 Å². The summed E-state index contributed by atoms with van der Waals surface area (Å²) in [6.07, 6.45) is 0.844. The van der Waals surface area contributed by atoms with E-state index in [4.69, 9.17) is 11.6 Å².